The number of nitrogens with zero attached hydrogens (tertiary/aromatic N) is 2. The highest BCUT2D eigenvalue weighted by molar-refractivity contribution is 6.07. The molecule has 0 spiro atoms. The standard InChI is InChI=1S/C21H24N2O/c24-21(20-12-6-8-17-7-4-5-11-19(17)20)23-15-13-22(14-16-23)18-9-2-1-3-10-18/h2,4-9,11-12,18H,1,3,10,13-16H2. The van der Waals surface area contributed by atoms with E-state index in [1.165, 1.54) is 19.3 Å². The van der Waals surface area contributed by atoms with Crippen LogP contribution in [0.4, 0.5) is 0 Å². The van der Waals surface area contributed by atoms with Gasteiger partial charge in [0.05, 0.1) is 0 Å². The topological polar surface area (TPSA) is 23.6 Å². The number of rotatable bonds is 2. The van der Waals surface area contributed by atoms with Gasteiger partial charge >= 0.3 is 0 Å². The zero-order valence-electron chi connectivity index (χ0n) is 14.0. The molecule has 1 amide bonds. The highest BCUT2D eigenvalue weighted by Gasteiger charge is 2.26. The third kappa shape index (κ3) is 2.96. The van der Waals surface area contributed by atoms with Crippen LogP contribution >= 0.6 is 0 Å². The Kier molecular flexibility index (Phi) is 4.35. The lowest BCUT2D eigenvalue weighted by Crippen LogP contribution is -2.51. The van der Waals surface area contributed by atoms with Gasteiger partial charge in [-0.3, -0.25) is 9.69 Å². The lowest BCUT2D eigenvalue weighted by Gasteiger charge is -2.39. The average Bonchev–Trinajstić information content (AvgIpc) is 2.68. The Morgan fingerprint density at radius 1 is 0.958 bits per heavy atom. The van der Waals surface area contributed by atoms with E-state index in [9.17, 15) is 4.79 Å². The number of fused-ring (bicyclic) bond motifs is 1. The lowest BCUT2D eigenvalue weighted by molar-refractivity contribution is 0.0595. The minimum absolute atomic E-state index is 0.172. The smallest absolute Gasteiger partial charge is 0.254 e. The maximum Gasteiger partial charge on any atom is 0.254 e. The summed E-state index contributed by atoms with van der Waals surface area (Å²) in [5.74, 6) is 0.172. The van der Waals surface area contributed by atoms with E-state index in [0.717, 1.165) is 42.5 Å². The third-order valence-electron chi connectivity index (χ3n) is 5.32. The van der Waals surface area contributed by atoms with Crippen molar-refractivity contribution in [3.8, 4) is 0 Å². The van der Waals surface area contributed by atoms with Crippen molar-refractivity contribution in [2.24, 2.45) is 0 Å². The van der Waals surface area contributed by atoms with Crippen molar-refractivity contribution in [2.45, 2.75) is 25.3 Å². The van der Waals surface area contributed by atoms with Crippen LogP contribution in [0.3, 0.4) is 0 Å². The summed E-state index contributed by atoms with van der Waals surface area (Å²) in [6.07, 6.45) is 8.42. The van der Waals surface area contributed by atoms with Gasteiger partial charge in [-0.2, -0.15) is 0 Å². The summed E-state index contributed by atoms with van der Waals surface area (Å²) in [6.45, 7) is 3.61. The second-order valence-electron chi connectivity index (χ2n) is 6.78. The van der Waals surface area contributed by atoms with E-state index in [0.29, 0.717) is 6.04 Å². The van der Waals surface area contributed by atoms with Crippen LogP contribution in [0.15, 0.2) is 54.6 Å². The van der Waals surface area contributed by atoms with E-state index in [-0.39, 0.29) is 5.91 Å². The van der Waals surface area contributed by atoms with Crippen LogP contribution < -0.4 is 0 Å². The van der Waals surface area contributed by atoms with Gasteiger partial charge in [0.25, 0.3) is 5.91 Å². The maximum absolute atomic E-state index is 13.0. The van der Waals surface area contributed by atoms with E-state index in [1.807, 2.05) is 35.2 Å². The monoisotopic (exact) mass is 320 g/mol. The first-order valence-electron chi connectivity index (χ1n) is 9.01. The number of carbonyl (C=O) groups excluding carboxylic acids is 1. The minimum Gasteiger partial charge on any atom is -0.336 e. The van der Waals surface area contributed by atoms with Crippen LogP contribution in [0.2, 0.25) is 0 Å². The number of amides is 1. The highest BCUT2D eigenvalue weighted by atomic mass is 16.2. The molecule has 124 valence electrons. The van der Waals surface area contributed by atoms with Gasteiger partial charge in [-0.05, 0) is 36.1 Å². The molecule has 2 aromatic carbocycles. The Labute approximate surface area is 143 Å². The predicted molar refractivity (Wildman–Crippen MR) is 98.2 cm³/mol. The molecule has 4 rings (SSSR count). The Balaban J connectivity index is 1.48. The quantitative estimate of drug-likeness (QED) is 0.788. The zero-order valence-corrected chi connectivity index (χ0v) is 14.0. The summed E-state index contributed by atoms with van der Waals surface area (Å²) >= 11 is 0. The summed E-state index contributed by atoms with van der Waals surface area (Å²) in [7, 11) is 0. The number of hydrogen-bond donors (Lipinski definition) is 0. The van der Waals surface area contributed by atoms with Crippen molar-refractivity contribution >= 4 is 16.7 Å². The van der Waals surface area contributed by atoms with E-state index in [4.69, 9.17) is 0 Å². The van der Waals surface area contributed by atoms with Crippen molar-refractivity contribution in [1.82, 2.24) is 9.80 Å². The first-order valence-corrected chi connectivity index (χ1v) is 9.01. The molecule has 2 aromatic rings. The molecular weight excluding hydrogens is 296 g/mol. The molecule has 1 aliphatic heterocycles. The Morgan fingerprint density at radius 2 is 1.75 bits per heavy atom. The van der Waals surface area contributed by atoms with Crippen molar-refractivity contribution in [2.75, 3.05) is 26.2 Å². The highest BCUT2D eigenvalue weighted by Crippen LogP contribution is 2.22. The fourth-order valence-electron chi connectivity index (χ4n) is 3.94. The molecule has 0 radical (unpaired) electrons. The molecule has 0 bridgehead atoms. The molecule has 0 saturated carbocycles. The fraction of sp³-hybridized carbons (Fsp3) is 0.381. The van der Waals surface area contributed by atoms with Crippen LogP contribution in [-0.2, 0) is 0 Å². The molecule has 0 aromatic heterocycles. The van der Waals surface area contributed by atoms with Gasteiger partial charge in [0.15, 0.2) is 0 Å². The first kappa shape index (κ1) is 15.4. The number of allylic oxidation sites excluding steroid dienone is 1. The second kappa shape index (κ2) is 6.78. The molecule has 1 fully saturated rings. The van der Waals surface area contributed by atoms with Crippen molar-refractivity contribution in [3.05, 3.63) is 60.2 Å². The summed E-state index contributed by atoms with van der Waals surface area (Å²) in [6, 6.07) is 14.7. The molecule has 3 nitrogen and oxygen atoms in total. The van der Waals surface area contributed by atoms with Crippen LogP contribution in [0.1, 0.15) is 29.6 Å². The molecule has 1 saturated heterocycles. The number of benzene rings is 2. The van der Waals surface area contributed by atoms with Crippen LogP contribution in [0.25, 0.3) is 10.8 Å². The molecule has 24 heavy (non-hydrogen) atoms. The van der Waals surface area contributed by atoms with Crippen LogP contribution in [0.5, 0.6) is 0 Å². The van der Waals surface area contributed by atoms with Gasteiger partial charge in [0.2, 0.25) is 0 Å². The Morgan fingerprint density at radius 3 is 2.54 bits per heavy atom. The summed E-state index contributed by atoms with van der Waals surface area (Å²) in [5.41, 5.74) is 0.833. The molecule has 1 aliphatic carbocycles. The van der Waals surface area contributed by atoms with E-state index >= 15 is 0 Å². The van der Waals surface area contributed by atoms with Gasteiger partial charge < -0.3 is 4.90 Å². The largest absolute Gasteiger partial charge is 0.336 e. The second-order valence-corrected chi connectivity index (χ2v) is 6.78. The Bertz CT molecular complexity index is 754. The van der Waals surface area contributed by atoms with Crippen LogP contribution in [0, 0.1) is 0 Å². The molecule has 1 heterocycles. The van der Waals surface area contributed by atoms with Gasteiger partial charge in [-0.25, -0.2) is 0 Å². The first-order chi connectivity index (χ1) is 11.8. The number of piperazine rings is 1. The normalized spacial score (nSPS) is 22.0. The number of hydrogen-bond acceptors (Lipinski definition) is 2. The summed E-state index contributed by atoms with van der Waals surface area (Å²) < 4.78 is 0. The lowest BCUT2D eigenvalue weighted by atomic mass is 10.0. The van der Waals surface area contributed by atoms with Gasteiger partial charge in [-0.1, -0.05) is 48.6 Å². The molecule has 3 heteroatoms. The van der Waals surface area contributed by atoms with Gasteiger partial charge in [0.1, 0.15) is 0 Å². The molecule has 1 unspecified atom stereocenters. The summed E-state index contributed by atoms with van der Waals surface area (Å²) in [5, 5.41) is 2.19. The minimum atomic E-state index is 0.172. The predicted octanol–water partition coefficient (Wildman–Crippen LogP) is 3.71. The van der Waals surface area contributed by atoms with Gasteiger partial charge in [0, 0.05) is 37.8 Å². The van der Waals surface area contributed by atoms with Crippen LogP contribution in [-0.4, -0.2) is 47.9 Å². The van der Waals surface area contributed by atoms with Gasteiger partial charge in [-0.15, -0.1) is 0 Å². The fourth-order valence-corrected chi connectivity index (χ4v) is 3.94. The molecule has 0 N–H and O–H groups in total. The average molecular weight is 320 g/mol. The summed E-state index contributed by atoms with van der Waals surface area (Å²) in [4.78, 5) is 17.5. The molecular formula is C21H24N2O. The van der Waals surface area contributed by atoms with E-state index in [1.54, 1.807) is 0 Å². The molecule has 1 atom stereocenters. The zero-order chi connectivity index (χ0) is 16.4. The maximum atomic E-state index is 13.0. The third-order valence-corrected chi connectivity index (χ3v) is 5.32. The van der Waals surface area contributed by atoms with Crippen molar-refractivity contribution in [3.63, 3.8) is 0 Å². The van der Waals surface area contributed by atoms with Crippen molar-refractivity contribution < 1.29 is 4.79 Å². The Hall–Kier alpha value is -2.13. The SMILES string of the molecule is O=C(c1cccc2ccccc12)N1CCN(C2C=CCCC2)CC1. The number of carbonyl (C=O) groups is 1. The molecule has 2 aliphatic rings. The van der Waals surface area contributed by atoms with E-state index in [2.05, 4.69) is 29.2 Å². The van der Waals surface area contributed by atoms with E-state index < -0.39 is 0 Å². The van der Waals surface area contributed by atoms with Crippen molar-refractivity contribution in [1.29, 1.82) is 0 Å².